The number of nitro benzene ring substituents is 1. The Morgan fingerprint density at radius 1 is 0.947 bits per heavy atom. The molecule has 38 heavy (non-hydrogen) atoms. The van der Waals surface area contributed by atoms with Crippen LogP contribution in [-0.2, 0) is 16.2 Å². The molecule has 0 fully saturated rings. The summed E-state index contributed by atoms with van der Waals surface area (Å²) < 4.78 is 5.89. The van der Waals surface area contributed by atoms with Crippen molar-refractivity contribution in [2.24, 2.45) is 10.8 Å². The molecule has 0 amide bonds. The molecule has 3 aliphatic rings. The van der Waals surface area contributed by atoms with E-state index in [1.165, 1.54) is 12.1 Å². The molecule has 2 aromatic rings. The fourth-order valence-corrected chi connectivity index (χ4v) is 6.20. The van der Waals surface area contributed by atoms with Gasteiger partial charge in [-0.3, -0.25) is 19.7 Å². The minimum atomic E-state index is -0.475. The number of ketones is 2. The molecular weight excluding hydrogens is 504 g/mol. The molecule has 198 valence electrons. The molecular formula is C30H31ClN2O5. The summed E-state index contributed by atoms with van der Waals surface area (Å²) in [6.45, 7) is 8.48. The number of benzene rings is 2. The Morgan fingerprint density at radius 3 is 2.11 bits per heavy atom. The summed E-state index contributed by atoms with van der Waals surface area (Å²) in [5.74, 6) is 0.0587. The number of nitrogens with one attached hydrogen (secondary N) is 1. The van der Waals surface area contributed by atoms with Crippen molar-refractivity contribution in [1.29, 1.82) is 0 Å². The highest BCUT2D eigenvalue weighted by molar-refractivity contribution is 6.32. The van der Waals surface area contributed by atoms with Crippen LogP contribution in [0.25, 0.3) is 0 Å². The van der Waals surface area contributed by atoms with Gasteiger partial charge in [0.05, 0.1) is 9.95 Å². The Kier molecular flexibility index (Phi) is 6.46. The number of non-ortho nitro benzene ring substituents is 1. The summed E-state index contributed by atoms with van der Waals surface area (Å²) in [4.78, 5) is 37.6. The van der Waals surface area contributed by atoms with Gasteiger partial charge in [0, 0.05) is 53.4 Å². The lowest BCUT2D eigenvalue weighted by Crippen LogP contribution is -2.42. The Balaban J connectivity index is 1.50. The van der Waals surface area contributed by atoms with E-state index in [0.717, 1.165) is 29.8 Å². The molecule has 2 aromatic carbocycles. The lowest BCUT2D eigenvalue weighted by Gasteiger charge is -2.44. The topological polar surface area (TPSA) is 98.5 Å². The summed E-state index contributed by atoms with van der Waals surface area (Å²) >= 11 is 6.66. The maximum Gasteiger partial charge on any atom is 0.269 e. The molecule has 0 atom stereocenters. The fourth-order valence-electron chi connectivity index (χ4n) is 5.96. The first-order chi connectivity index (χ1) is 17.8. The van der Waals surface area contributed by atoms with Crippen LogP contribution in [0.3, 0.4) is 0 Å². The average molecular weight is 535 g/mol. The van der Waals surface area contributed by atoms with Crippen LogP contribution in [0.1, 0.15) is 70.4 Å². The molecule has 1 aliphatic heterocycles. The zero-order chi connectivity index (χ0) is 27.4. The zero-order valence-electron chi connectivity index (χ0n) is 22.0. The number of carbonyl (C=O) groups is 2. The molecule has 0 aromatic heterocycles. The van der Waals surface area contributed by atoms with Gasteiger partial charge in [-0.2, -0.15) is 0 Å². The van der Waals surface area contributed by atoms with Gasteiger partial charge in [-0.05, 0) is 46.9 Å². The molecule has 5 rings (SSSR count). The third-order valence-corrected chi connectivity index (χ3v) is 7.82. The second-order valence-corrected chi connectivity index (χ2v) is 12.5. The Labute approximate surface area is 227 Å². The van der Waals surface area contributed by atoms with E-state index in [1.54, 1.807) is 24.3 Å². The molecule has 0 saturated carbocycles. The van der Waals surface area contributed by atoms with Crippen molar-refractivity contribution in [2.45, 2.75) is 65.9 Å². The highest BCUT2D eigenvalue weighted by atomic mass is 35.5. The predicted molar refractivity (Wildman–Crippen MR) is 145 cm³/mol. The van der Waals surface area contributed by atoms with E-state index >= 15 is 0 Å². The van der Waals surface area contributed by atoms with Crippen molar-refractivity contribution >= 4 is 28.9 Å². The van der Waals surface area contributed by atoms with Gasteiger partial charge in [0.25, 0.3) is 5.69 Å². The van der Waals surface area contributed by atoms with Gasteiger partial charge in [0.1, 0.15) is 12.4 Å². The highest BCUT2D eigenvalue weighted by Crippen LogP contribution is 2.51. The SMILES string of the molecule is CC1(C)CC(=O)C2=C(C1)NC1=C(C(=O)CC(C)(C)C1)C2c1ccc(OCc2cccc([N+](=O)[O-])c2)c(Cl)c1. The van der Waals surface area contributed by atoms with E-state index in [2.05, 4.69) is 33.0 Å². The minimum absolute atomic E-state index is 0.00716. The van der Waals surface area contributed by atoms with Crippen molar-refractivity contribution in [3.8, 4) is 5.75 Å². The molecule has 8 heteroatoms. The maximum atomic E-state index is 13.5. The number of carbonyl (C=O) groups excluding carboxylic acids is 2. The van der Waals surface area contributed by atoms with Crippen LogP contribution >= 0.6 is 11.6 Å². The smallest absolute Gasteiger partial charge is 0.269 e. The van der Waals surface area contributed by atoms with Gasteiger partial charge >= 0.3 is 0 Å². The largest absolute Gasteiger partial charge is 0.487 e. The van der Waals surface area contributed by atoms with Gasteiger partial charge in [-0.15, -0.1) is 0 Å². The van der Waals surface area contributed by atoms with Crippen molar-refractivity contribution in [3.63, 3.8) is 0 Å². The summed E-state index contributed by atoms with van der Waals surface area (Å²) in [6, 6.07) is 11.6. The van der Waals surface area contributed by atoms with Crippen LogP contribution in [0.15, 0.2) is 65.0 Å². The first-order valence-electron chi connectivity index (χ1n) is 12.8. The molecule has 1 heterocycles. The number of rotatable bonds is 5. The van der Waals surface area contributed by atoms with Gasteiger partial charge in [0.15, 0.2) is 11.6 Å². The number of nitrogens with zero attached hydrogens (tertiary/aromatic N) is 1. The molecule has 2 aliphatic carbocycles. The van der Waals surface area contributed by atoms with Crippen LogP contribution in [0, 0.1) is 20.9 Å². The van der Waals surface area contributed by atoms with Gasteiger partial charge in [0.2, 0.25) is 0 Å². The quantitative estimate of drug-likeness (QED) is 0.334. The minimum Gasteiger partial charge on any atom is -0.487 e. The van der Waals surface area contributed by atoms with Crippen molar-refractivity contribution < 1.29 is 19.2 Å². The summed E-state index contributed by atoms with van der Waals surface area (Å²) in [7, 11) is 0. The van der Waals surface area contributed by atoms with E-state index < -0.39 is 10.8 Å². The maximum absolute atomic E-state index is 13.5. The molecule has 0 bridgehead atoms. The number of dihydropyridines is 1. The lowest BCUT2D eigenvalue weighted by atomic mass is 9.64. The number of halogens is 1. The average Bonchev–Trinajstić information content (AvgIpc) is 2.80. The number of allylic oxidation sites excluding steroid dienone is 4. The third-order valence-electron chi connectivity index (χ3n) is 7.52. The van der Waals surface area contributed by atoms with E-state index in [0.29, 0.717) is 40.3 Å². The highest BCUT2D eigenvalue weighted by Gasteiger charge is 2.46. The molecule has 7 nitrogen and oxygen atoms in total. The van der Waals surface area contributed by atoms with Crippen LogP contribution in [-0.4, -0.2) is 16.5 Å². The van der Waals surface area contributed by atoms with E-state index in [9.17, 15) is 19.7 Å². The number of ether oxygens (including phenoxy) is 1. The molecule has 0 unspecified atom stereocenters. The first-order valence-corrected chi connectivity index (χ1v) is 13.2. The van der Waals surface area contributed by atoms with Crippen LogP contribution in [0.4, 0.5) is 5.69 Å². The van der Waals surface area contributed by atoms with Gasteiger partial charge in [-0.1, -0.05) is 57.5 Å². The molecule has 0 spiro atoms. The van der Waals surface area contributed by atoms with Crippen molar-refractivity contribution in [1.82, 2.24) is 5.32 Å². The number of nitro groups is 1. The van der Waals surface area contributed by atoms with Crippen molar-refractivity contribution in [3.05, 3.63) is 91.3 Å². The van der Waals surface area contributed by atoms with E-state index in [4.69, 9.17) is 16.3 Å². The summed E-state index contributed by atoms with van der Waals surface area (Å²) in [5.41, 5.74) is 4.23. The van der Waals surface area contributed by atoms with Gasteiger partial charge < -0.3 is 10.1 Å². The molecule has 0 saturated heterocycles. The normalized spacial score (nSPS) is 20.6. The monoisotopic (exact) mass is 534 g/mol. The predicted octanol–water partition coefficient (Wildman–Crippen LogP) is 6.80. The molecule has 1 N–H and O–H groups in total. The van der Waals surface area contributed by atoms with Crippen LogP contribution in [0.2, 0.25) is 5.02 Å². The summed E-state index contributed by atoms with van der Waals surface area (Å²) in [6.07, 6.45) is 2.30. The Bertz CT molecular complexity index is 1380. The Morgan fingerprint density at radius 2 is 1.55 bits per heavy atom. The van der Waals surface area contributed by atoms with Gasteiger partial charge in [-0.25, -0.2) is 0 Å². The molecule has 0 radical (unpaired) electrons. The lowest BCUT2D eigenvalue weighted by molar-refractivity contribution is -0.384. The fraction of sp³-hybridized carbons (Fsp3) is 0.400. The third kappa shape index (κ3) is 4.99. The first kappa shape index (κ1) is 26.2. The second kappa shape index (κ2) is 9.38. The van der Waals surface area contributed by atoms with Crippen LogP contribution in [0.5, 0.6) is 5.75 Å². The zero-order valence-corrected chi connectivity index (χ0v) is 22.8. The standard InChI is InChI=1S/C30H31ClN2O5/c1-29(2)12-21-27(23(34)14-29)26(28-22(32-21)13-30(3,4)15-24(28)35)18-8-9-25(20(31)11-18)38-16-17-6-5-7-19(10-17)33(36)37/h5-11,26,32H,12-16H2,1-4H3. The van der Waals surface area contributed by atoms with E-state index in [1.807, 2.05) is 6.07 Å². The number of Topliss-reactive ketones (excluding diaryl/α,β-unsaturated/α-hetero) is 2. The van der Waals surface area contributed by atoms with Crippen molar-refractivity contribution in [2.75, 3.05) is 0 Å². The second-order valence-electron chi connectivity index (χ2n) is 12.1. The number of hydrogen-bond donors (Lipinski definition) is 1. The summed E-state index contributed by atoms with van der Waals surface area (Å²) in [5, 5.41) is 14.9. The number of hydrogen-bond acceptors (Lipinski definition) is 6. The van der Waals surface area contributed by atoms with Crippen LogP contribution < -0.4 is 10.1 Å². The Hall–Kier alpha value is -3.45. The van der Waals surface area contributed by atoms with E-state index in [-0.39, 0.29) is 34.7 Å².